The molecule has 1 aliphatic rings. The highest BCUT2D eigenvalue weighted by molar-refractivity contribution is 6.35. The van der Waals surface area contributed by atoms with Gasteiger partial charge in [-0.05, 0) is 46.2 Å². The molecule has 1 saturated heterocycles. The molecule has 0 radical (unpaired) electrons. The van der Waals surface area contributed by atoms with E-state index in [2.05, 4.69) is 10.3 Å². The number of hydrogen-bond acceptors (Lipinski definition) is 5. The van der Waals surface area contributed by atoms with Crippen LogP contribution in [0.15, 0.2) is 23.0 Å². The summed E-state index contributed by atoms with van der Waals surface area (Å²) in [5, 5.41) is 3.50. The molecule has 0 saturated carbocycles. The number of nitrogens with one attached hydrogen (secondary N) is 1. The van der Waals surface area contributed by atoms with Crippen molar-refractivity contribution in [1.82, 2.24) is 14.9 Å². The number of halogens is 1. The van der Waals surface area contributed by atoms with E-state index in [4.69, 9.17) is 21.1 Å². The fourth-order valence-electron chi connectivity index (χ4n) is 3.15. The lowest BCUT2D eigenvalue weighted by molar-refractivity contribution is 0.0504. The maximum Gasteiger partial charge on any atom is 0.408 e. The van der Waals surface area contributed by atoms with Gasteiger partial charge >= 0.3 is 6.09 Å². The van der Waals surface area contributed by atoms with Gasteiger partial charge < -0.3 is 14.8 Å². The van der Waals surface area contributed by atoms with Crippen LogP contribution in [0.1, 0.15) is 52.0 Å². The van der Waals surface area contributed by atoms with E-state index < -0.39 is 17.7 Å². The minimum absolute atomic E-state index is 0.149. The summed E-state index contributed by atoms with van der Waals surface area (Å²) in [6.07, 6.45) is 0.133. The molecule has 7 nitrogen and oxygen atoms in total. The average molecular weight is 394 g/mol. The van der Waals surface area contributed by atoms with Crippen LogP contribution in [-0.2, 0) is 9.47 Å². The molecule has 0 spiro atoms. The smallest absolute Gasteiger partial charge is 0.408 e. The quantitative estimate of drug-likeness (QED) is 0.861. The monoisotopic (exact) mass is 393 g/mol. The van der Waals surface area contributed by atoms with Crippen molar-refractivity contribution in [2.45, 2.75) is 51.8 Å². The molecule has 146 valence electrons. The fourth-order valence-corrected chi connectivity index (χ4v) is 3.40. The molecule has 1 aromatic heterocycles. The molecule has 1 N–H and O–H groups in total. The minimum Gasteiger partial charge on any atom is -0.444 e. The topological polar surface area (TPSA) is 82.5 Å². The van der Waals surface area contributed by atoms with Crippen molar-refractivity contribution in [2.24, 2.45) is 0 Å². The number of fused-ring (bicyclic) bond motifs is 1. The first-order valence-electron chi connectivity index (χ1n) is 8.95. The number of carbonyl (C=O) groups is 1. The summed E-state index contributed by atoms with van der Waals surface area (Å²) in [5.74, 6) is 0.455. The lowest BCUT2D eigenvalue weighted by atomic mass is 10.1. The molecule has 3 rings (SSSR count). The SMILES string of the molecule is C[C@H](NC(=O)OC(C)(C)C)c1nc2cccc(Cl)c2c(=O)n1[C@H]1CCOC1. The zero-order chi connectivity index (χ0) is 19.8. The number of alkyl carbamates (subject to hydrolysis) is 1. The average Bonchev–Trinajstić information content (AvgIpc) is 3.06. The van der Waals surface area contributed by atoms with Crippen LogP contribution in [0.5, 0.6) is 0 Å². The normalized spacial score (nSPS) is 18.5. The maximum atomic E-state index is 13.2. The lowest BCUT2D eigenvalue weighted by Crippen LogP contribution is -2.38. The largest absolute Gasteiger partial charge is 0.444 e. The van der Waals surface area contributed by atoms with E-state index in [1.54, 1.807) is 50.5 Å². The molecule has 0 aliphatic carbocycles. The third-order valence-corrected chi connectivity index (χ3v) is 4.61. The Kier molecular flexibility index (Phi) is 5.44. The maximum absolute atomic E-state index is 13.2. The summed E-state index contributed by atoms with van der Waals surface area (Å²) < 4.78 is 12.4. The van der Waals surface area contributed by atoms with Gasteiger partial charge in [-0.3, -0.25) is 9.36 Å². The molecule has 0 bridgehead atoms. The molecule has 1 amide bonds. The van der Waals surface area contributed by atoms with Gasteiger partial charge in [0.25, 0.3) is 5.56 Å². The van der Waals surface area contributed by atoms with Crippen LogP contribution in [0.4, 0.5) is 4.79 Å². The summed E-state index contributed by atoms with van der Waals surface area (Å²) >= 11 is 6.26. The van der Waals surface area contributed by atoms with Crippen molar-refractivity contribution in [3.05, 3.63) is 39.4 Å². The second-order valence-electron chi connectivity index (χ2n) is 7.66. The Balaban J connectivity index is 2.06. The first-order valence-corrected chi connectivity index (χ1v) is 9.33. The van der Waals surface area contributed by atoms with Crippen LogP contribution in [0.3, 0.4) is 0 Å². The van der Waals surface area contributed by atoms with E-state index in [0.29, 0.717) is 41.4 Å². The van der Waals surface area contributed by atoms with Crippen molar-refractivity contribution in [3.8, 4) is 0 Å². The first kappa shape index (κ1) is 19.6. The summed E-state index contributed by atoms with van der Waals surface area (Å²) in [4.78, 5) is 30.0. The summed E-state index contributed by atoms with van der Waals surface area (Å²) in [5.41, 5.74) is -0.350. The summed E-state index contributed by atoms with van der Waals surface area (Å²) in [6, 6.07) is 4.47. The van der Waals surface area contributed by atoms with Crippen LogP contribution >= 0.6 is 11.6 Å². The zero-order valence-electron chi connectivity index (χ0n) is 15.9. The minimum atomic E-state index is -0.618. The molecule has 1 fully saturated rings. The van der Waals surface area contributed by atoms with Crippen LogP contribution in [0.2, 0.25) is 5.02 Å². The highest BCUT2D eigenvalue weighted by Gasteiger charge is 2.28. The Morgan fingerprint density at radius 3 is 2.81 bits per heavy atom. The van der Waals surface area contributed by atoms with Crippen molar-refractivity contribution in [2.75, 3.05) is 13.2 Å². The van der Waals surface area contributed by atoms with Crippen LogP contribution in [0.25, 0.3) is 10.9 Å². The molecule has 8 heteroatoms. The van der Waals surface area contributed by atoms with Gasteiger partial charge in [-0.1, -0.05) is 17.7 Å². The van der Waals surface area contributed by atoms with Crippen LogP contribution in [-0.4, -0.2) is 34.5 Å². The molecule has 1 aliphatic heterocycles. The number of aromatic nitrogens is 2. The first-order chi connectivity index (χ1) is 12.7. The van der Waals surface area contributed by atoms with E-state index in [9.17, 15) is 9.59 Å². The lowest BCUT2D eigenvalue weighted by Gasteiger charge is -2.25. The Labute approximate surface area is 162 Å². The predicted molar refractivity (Wildman–Crippen MR) is 103 cm³/mol. The van der Waals surface area contributed by atoms with E-state index in [-0.39, 0.29) is 11.6 Å². The van der Waals surface area contributed by atoms with Gasteiger partial charge in [0.15, 0.2) is 0 Å². The van der Waals surface area contributed by atoms with Crippen LogP contribution < -0.4 is 10.9 Å². The number of carbonyl (C=O) groups excluding carboxylic acids is 1. The van der Waals surface area contributed by atoms with Gasteiger partial charge in [0.1, 0.15) is 11.4 Å². The van der Waals surface area contributed by atoms with Crippen molar-refractivity contribution in [1.29, 1.82) is 0 Å². The third kappa shape index (κ3) is 4.25. The Bertz CT molecular complexity index is 914. The van der Waals surface area contributed by atoms with Gasteiger partial charge in [0.05, 0.1) is 34.6 Å². The number of ether oxygens (including phenoxy) is 2. The standard InChI is InChI=1S/C19H24ClN3O4/c1-11(21-18(25)27-19(2,3)4)16-22-14-7-5-6-13(20)15(14)17(24)23(16)12-8-9-26-10-12/h5-7,11-12H,8-10H2,1-4H3,(H,21,25)/t11-,12-/m0/s1. The number of hydrogen-bond donors (Lipinski definition) is 1. The molecular weight excluding hydrogens is 370 g/mol. The van der Waals surface area contributed by atoms with Crippen molar-refractivity contribution >= 4 is 28.6 Å². The highest BCUT2D eigenvalue weighted by Crippen LogP contribution is 2.26. The van der Waals surface area contributed by atoms with Gasteiger partial charge in [-0.15, -0.1) is 0 Å². The fraction of sp³-hybridized carbons (Fsp3) is 0.526. The molecule has 1 aromatic carbocycles. The number of nitrogens with zero attached hydrogens (tertiary/aromatic N) is 2. The van der Waals surface area contributed by atoms with Crippen molar-refractivity contribution < 1.29 is 14.3 Å². The number of rotatable bonds is 3. The Morgan fingerprint density at radius 2 is 2.19 bits per heavy atom. The van der Waals surface area contributed by atoms with E-state index in [1.165, 1.54) is 0 Å². The van der Waals surface area contributed by atoms with Crippen LogP contribution in [0, 0.1) is 0 Å². The third-order valence-electron chi connectivity index (χ3n) is 4.30. The van der Waals surface area contributed by atoms with Gasteiger partial charge in [0.2, 0.25) is 0 Å². The molecule has 2 heterocycles. The van der Waals surface area contributed by atoms with E-state index in [0.717, 1.165) is 0 Å². The van der Waals surface area contributed by atoms with Gasteiger partial charge in [-0.25, -0.2) is 9.78 Å². The Hall–Kier alpha value is -2.12. The van der Waals surface area contributed by atoms with E-state index >= 15 is 0 Å². The molecular formula is C19H24ClN3O4. The zero-order valence-corrected chi connectivity index (χ0v) is 16.7. The van der Waals surface area contributed by atoms with Gasteiger partial charge in [-0.2, -0.15) is 0 Å². The molecule has 2 aromatic rings. The number of amides is 1. The van der Waals surface area contributed by atoms with Gasteiger partial charge in [0, 0.05) is 6.61 Å². The van der Waals surface area contributed by atoms with E-state index in [1.807, 2.05) is 0 Å². The molecule has 27 heavy (non-hydrogen) atoms. The highest BCUT2D eigenvalue weighted by atomic mass is 35.5. The summed E-state index contributed by atoms with van der Waals surface area (Å²) in [7, 11) is 0. The molecule has 2 atom stereocenters. The van der Waals surface area contributed by atoms with Crippen molar-refractivity contribution in [3.63, 3.8) is 0 Å². The number of benzene rings is 1. The second-order valence-corrected chi connectivity index (χ2v) is 8.07. The molecule has 0 unspecified atom stereocenters. The second kappa shape index (κ2) is 7.48. The predicted octanol–water partition coefficient (Wildman–Crippen LogP) is 3.60. The Morgan fingerprint density at radius 1 is 1.44 bits per heavy atom. The summed E-state index contributed by atoms with van der Waals surface area (Å²) in [6.45, 7) is 8.14.